The summed E-state index contributed by atoms with van der Waals surface area (Å²) in [5, 5.41) is 13.6. The third-order valence-corrected chi connectivity index (χ3v) is 3.70. The standard InChI is InChI=1S/C15H16N2O3/c1-20-13-9-5-4-8-12(13)17-11-7-3-2-6-10(11)14(16-17)15(18)19/h4-5,8-9H,2-3,6-7H2,1H3,(H,18,19). The highest BCUT2D eigenvalue weighted by Crippen LogP contribution is 2.30. The van der Waals surface area contributed by atoms with Crippen LogP contribution in [-0.4, -0.2) is 28.0 Å². The maximum absolute atomic E-state index is 11.4. The van der Waals surface area contributed by atoms with Gasteiger partial charge in [0.15, 0.2) is 5.69 Å². The quantitative estimate of drug-likeness (QED) is 0.932. The van der Waals surface area contributed by atoms with Crippen LogP contribution < -0.4 is 4.74 Å². The molecule has 0 radical (unpaired) electrons. The molecule has 5 nitrogen and oxygen atoms in total. The van der Waals surface area contributed by atoms with Gasteiger partial charge in [0.05, 0.1) is 7.11 Å². The molecule has 0 fully saturated rings. The van der Waals surface area contributed by atoms with Gasteiger partial charge in [-0.15, -0.1) is 0 Å². The highest BCUT2D eigenvalue weighted by molar-refractivity contribution is 5.87. The number of carboxylic acid groups (broad SMARTS) is 1. The van der Waals surface area contributed by atoms with Crippen molar-refractivity contribution in [3.63, 3.8) is 0 Å². The molecule has 3 rings (SSSR count). The van der Waals surface area contributed by atoms with Gasteiger partial charge < -0.3 is 9.84 Å². The van der Waals surface area contributed by atoms with Crippen LogP contribution in [0.4, 0.5) is 0 Å². The number of carboxylic acids is 1. The van der Waals surface area contributed by atoms with Crippen LogP contribution in [0.25, 0.3) is 5.69 Å². The SMILES string of the molecule is COc1ccccc1-n1nc(C(=O)O)c2c1CCCC2. The summed E-state index contributed by atoms with van der Waals surface area (Å²) < 4.78 is 7.09. The summed E-state index contributed by atoms with van der Waals surface area (Å²) in [6.07, 6.45) is 3.72. The van der Waals surface area contributed by atoms with E-state index in [0.717, 1.165) is 42.6 Å². The van der Waals surface area contributed by atoms with Gasteiger partial charge in [0.2, 0.25) is 0 Å². The van der Waals surface area contributed by atoms with E-state index in [1.807, 2.05) is 24.3 Å². The molecule has 0 atom stereocenters. The number of hydrogen-bond donors (Lipinski definition) is 1. The van der Waals surface area contributed by atoms with Gasteiger partial charge in [0, 0.05) is 11.3 Å². The molecule has 0 bridgehead atoms. The highest BCUT2D eigenvalue weighted by Gasteiger charge is 2.26. The summed E-state index contributed by atoms with van der Waals surface area (Å²) in [5.41, 5.74) is 2.83. The first-order valence-corrected chi connectivity index (χ1v) is 6.70. The van der Waals surface area contributed by atoms with E-state index in [-0.39, 0.29) is 5.69 Å². The molecule has 1 aromatic heterocycles. The Kier molecular flexibility index (Phi) is 3.18. The fraction of sp³-hybridized carbons (Fsp3) is 0.333. The summed E-state index contributed by atoms with van der Waals surface area (Å²) >= 11 is 0. The Balaban J connectivity index is 2.21. The number of ether oxygens (including phenoxy) is 1. The number of hydrogen-bond acceptors (Lipinski definition) is 3. The number of nitrogens with zero attached hydrogens (tertiary/aromatic N) is 2. The Hall–Kier alpha value is -2.30. The second kappa shape index (κ2) is 5.00. The number of para-hydroxylation sites is 2. The average molecular weight is 272 g/mol. The summed E-state index contributed by atoms with van der Waals surface area (Å²) in [6.45, 7) is 0. The van der Waals surface area contributed by atoms with Gasteiger partial charge >= 0.3 is 5.97 Å². The second-order valence-electron chi connectivity index (χ2n) is 4.87. The Morgan fingerprint density at radius 2 is 2.05 bits per heavy atom. The van der Waals surface area contributed by atoms with Crippen molar-refractivity contribution in [1.29, 1.82) is 0 Å². The summed E-state index contributed by atoms with van der Waals surface area (Å²) in [4.78, 5) is 11.4. The molecule has 0 spiro atoms. The first-order valence-electron chi connectivity index (χ1n) is 6.70. The van der Waals surface area contributed by atoms with E-state index >= 15 is 0 Å². The molecule has 2 aromatic rings. The van der Waals surface area contributed by atoms with Crippen molar-refractivity contribution in [2.45, 2.75) is 25.7 Å². The summed E-state index contributed by atoms with van der Waals surface area (Å²) in [7, 11) is 1.60. The molecule has 5 heteroatoms. The zero-order valence-corrected chi connectivity index (χ0v) is 11.3. The molecule has 0 saturated carbocycles. The van der Waals surface area contributed by atoms with Gasteiger partial charge in [-0.1, -0.05) is 12.1 Å². The predicted octanol–water partition coefficient (Wildman–Crippen LogP) is 2.46. The summed E-state index contributed by atoms with van der Waals surface area (Å²) in [5.74, 6) is -0.267. The van der Waals surface area contributed by atoms with E-state index < -0.39 is 5.97 Å². The normalized spacial score (nSPS) is 13.8. The topological polar surface area (TPSA) is 64.4 Å². The lowest BCUT2D eigenvalue weighted by molar-refractivity contribution is 0.0688. The molecule has 0 aliphatic heterocycles. The fourth-order valence-electron chi connectivity index (χ4n) is 2.77. The minimum absolute atomic E-state index is 0.172. The first-order chi connectivity index (χ1) is 9.72. The van der Waals surface area contributed by atoms with Crippen LogP contribution in [0, 0.1) is 0 Å². The minimum Gasteiger partial charge on any atom is -0.494 e. The lowest BCUT2D eigenvalue weighted by Gasteiger charge is -2.15. The van der Waals surface area contributed by atoms with Gasteiger partial charge in [0.1, 0.15) is 11.4 Å². The molecule has 1 aromatic carbocycles. The molecule has 1 heterocycles. The molecule has 1 aliphatic carbocycles. The third-order valence-electron chi connectivity index (χ3n) is 3.70. The summed E-state index contributed by atoms with van der Waals surface area (Å²) in [6, 6.07) is 7.53. The average Bonchev–Trinajstić information content (AvgIpc) is 2.87. The maximum Gasteiger partial charge on any atom is 0.356 e. The largest absolute Gasteiger partial charge is 0.494 e. The molecule has 104 valence electrons. The number of methoxy groups -OCH3 is 1. The van der Waals surface area contributed by atoms with Crippen molar-refractivity contribution in [3.05, 3.63) is 41.2 Å². The van der Waals surface area contributed by atoms with E-state index in [4.69, 9.17) is 4.74 Å². The second-order valence-corrected chi connectivity index (χ2v) is 4.87. The van der Waals surface area contributed by atoms with Gasteiger partial charge in [-0.05, 0) is 37.8 Å². The van der Waals surface area contributed by atoms with Crippen LogP contribution in [0.2, 0.25) is 0 Å². The van der Waals surface area contributed by atoms with E-state index in [0.29, 0.717) is 5.75 Å². The number of aromatic carboxylic acids is 1. The van der Waals surface area contributed by atoms with Gasteiger partial charge in [-0.2, -0.15) is 5.10 Å². The van der Waals surface area contributed by atoms with Crippen molar-refractivity contribution in [2.75, 3.05) is 7.11 Å². The number of rotatable bonds is 3. The molecule has 0 unspecified atom stereocenters. The van der Waals surface area contributed by atoms with Crippen LogP contribution in [0.5, 0.6) is 5.75 Å². The predicted molar refractivity (Wildman–Crippen MR) is 73.7 cm³/mol. The Morgan fingerprint density at radius 1 is 1.30 bits per heavy atom. The number of aromatic nitrogens is 2. The Bertz CT molecular complexity index is 661. The first kappa shape index (κ1) is 12.7. The van der Waals surface area contributed by atoms with Crippen molar-refractivity contribution in [2.24, 2.45) is 0 Å². The molecular weight excluding hydrogens is 256 g/mol. The van der Waals surface area contributed by atoms with Gasteiger partial charge in [-0.25, -0.2) is 9.48 Å². The zero-order valence-electron chi connectivity index (χ0n) is 11.3. The minimum atomic E-state index is -0.961. The van der Waals surface area contributed by atoms with Crippen LogP contribution in [0.15, 0.2) is 24.3 Å². The third kappa shape index (κ3) is 1.95. The van der Waals surface area contributed by atoms with Gasteiger partial charge in [0.25, 0.3) is 0 Å². The van der Waals surface area contributed by atoms with Crippen LogP contribution in [-0.2, 0) is 12.8 Å². The van der Waals surface area contributed by atoms with Crippen molar-refractivity contribution in [1.82, 2.24) is 9.78 Å². The molecule has 1 aliphatic rings. The smallest absolute Gasteiger partial charge is 0.356 e. The molecule has 0 saturated heterocycles. The molecule has 0 amide bonds. The fourth-order valence-corrected chi connectivity index (χ4v) is 2.77. The van der Waals surface area contributed by atoms with Crippen molar-refractivity contribution < 1.29 is 14.6 Å². The molecule has 20 heavy (non-hydrogen) atoms. The molecule has 1 N–H and O–H groups in total. The van der Waals surface area contributed by atoms with Crippen LogP contribution in [0.3, 0.4) is 0 Å². The lowest BCUT2D eigenvalue weighted by atomic mass is 9.95. The maximum atomic E-state index is 11.4. The van der Waals surface area contributed by atoms with Crippen molar-refractivity contribution >= 4 is 5.97 Å². The highest BCUT2D eigenvalue weighted by atomic mass is 16.5. The lowest BCUT2D eigenvalue weighted by Crippen LogP contribution is -2.09. The molecular formula is C15H16N2O3. The van der Waals surface area contributed by atoms with Crippen LogP contribution >= 0.6 is 0 Å². The number of fused-ring (bicyclic) bond motifs is 1. The number of carbonyl (C=O) groups is 1. The van der Waals surface area contributed by atoms with Gasteiger partial charge in [-0.3, -0.25) is 0 Å². The monoisotopic (exact) mass is 272 g/mol. The van der Waals surface area contributed by atoms with Crippen LogP contribution in [0.1, 0.15) is 34.6 Å². The van der Waals surface area contributed by atoms with Crippen molar-refractivity contribution in [3.8, 4) is 11.4 Å². The number of benzene rings is 1. The van der Waals surface area contributed by atoms with E-state index in [2.05, 4.69) is 5.10 Å². The Labute approximate surface area is 116 Å². The van der Waals surface area contributed by atoms with E-state index in [1.54, 1.807) is 11.8 Å². The zero-order chi connectivity index (χ0) is 14.1. The Morgan fingerprint density at radius 3 is 2.80 bits per heavy atom. The van der Waals surface area contributed by atoms with E-state index in [1.165, 1.54) is 0 Å². The van der Waals surface area contributed by atoms with E-state index in [9.17, 15) is 9.90 Å².